The third kappa shape index (κ3) is 4.88. The predicted molar refractivity (Wildman–Crippen MR) is 136 cm³/mol. The maximum absolute atomic E-state index is 13.4. The molecule has 5 nitrogen and oxygen atoms in total. The van der Waals surface area contributed by atoms with E-state index in [2.05, 4.69) is 11.4 Å². The molecule has 0 atom stereocenters. The van der Waals surface area contributed by atoms with E-state index in [4.69, 9.17) is 4.74 Å². The molecular formula is C29H30N2O3. The lowest BCUT2D eigenvalue weighted by Crippen LogP contribution is -2.36. The van der Waals surface area contributed by atoms with Gasteiger partial charge in [0.05, 0.1) is 12.1 Å². The topological polar surface area (TPSA) is 58.6 Å². The van der Waals surface area contributed by atoms with Crippen molar-refractivity contribution in [3.8, 4) is 5.75 Å². The number of carbonyl (C=O) groups excluding carboxylic acids is 2. The second kappa shape index (κ2) is 9.56. The molecule has 1 aliphatic heterocycles. The molecule has 1 aliphatic rings. The standard InChI is InChI=1S/C29H30N2O3/c1-18-6-9-23(10-7-18)26-27(30-24-11-8-21(4)22(5)17-24)29(33)31(28(26)32)12-13-34-25-15-19(2)14-20(3)16-25/h6-11,14-17,30H,12-13H2,1-5H3. The van der Waals surface area contributed by atoms with E-state index < -0.39 is 0 Å². The molecule has 3 aromatic carbocycles. The van der Waals surface area contributed by atoms with Gasteiger partial charge in [-0.1, -0.05) is 42.0 Å². The van der Waals surface area contributed by atoms with E-state index in [0.717, 1.165) is 39.3 Å². The summed E-state index contributed by atoms with van der Waals surface area (Å²) in [5, 5.41) is 3.23. The summed E-state index contributed by atoms with van der Waals surface area (Å²) in [6, 6.07) is 19.5. The second-order valence-corrected chi connectivity index (χ2v) is 8.97. The first-order chi connectivity index (χ1) is 16.2. The van der Waals surface area contributed by atoms with E-state index in [1.807, 2.05) is 89.2 Å². The van der Waals surface area contributed by atoms with Crippen LogP contribution in [-0.4, -0.2) is 29.9 Å². The van der Waals surface area contributed by atoms with Crippen LogP contribution in [0.15, 0.2) is 66.4 Å². The zero-order valence-corrected chi connectivity index (χ0v) is 20.4. The molecule has 0 radical (unpaired) electrons. The van der Waals surface area contributed by atoms with Crippen LogP contribution in [0.1, 0.15) is 33.4 Å². The Morgan fingerprint density at radius 2 is 1.41 bits per heavy atom. The molecule has 0 aromatic heterocycles. The number of amides is 2. The van der Waals surface area contributed by atoms with Gasteiger partial charge in [-0.05, 0) is 86.7 Å². The van der Waals surface area contributed by atoms with Crippen molar-refractivity contribution in [2.24, 2.45) is 0 Å². The summed E-state index contributed by atoms with van der Waals surface area (Å²) in [6.45, 7) is 10.5. The summed E-state index contributed by atoms with van der Waals surface area (Å²) in [4.78, 5) is 28.1. The number of carbonyl (C=O) groups is 2. The van der Waals surface area contributed by atoms with Gasteiger partial charge < -0.3 is 10.1 Å². The molecule has 0 bridgehead atoms. The van der Waals surface area contributed by atoms with Crippen molar-refractivity contribution >= 4 is 23.1 Å². The van der Waals surface area contributed by atoms with Crippen LogP contribution in [-0.2, 0) is 9.59 Å². The zero-order valence-electron chi connectivity index (χ0n) is 20.4. The molecule has 3 aromatic rings. The highest BCUT2D eigenvalue weighted by molar-refractivity contribution is 6.36. The van der Waals surface area contributed by atoms with E-state index in [1.54, 1.807) is 0 Å². The average Bonchev–Trinajstić information content (AvgIpc) is 3.00. The lowest BCUT2D eigenvalue weighted by atomic mass is 10.0. The van der Waals surface area contributed by atoms with Crippen molar-refractivity contribution in [1.82, 2.24) is 4.90 Å². The number of aryl methyl sites for hydroxylation is 5. The maximum Gasteiger partial charge on any atom is 0.278 e. The summed E-state index contributed by atoms with van der Waals surface area (Å²) >= 11 is 0. The molecular weight excluding hydrogens is 424 g/mol. The van der Waals surface area contributed by atoms with Gasteiger partial charge in [0, 0.05) is 5.69 Å². The third-order valence-electron chi connectivity index (χ3n) is 6.06. The van der Waals surface area contributed by atoms with Crippen LogP contribution in [0.25, 0.3) is 5.57 Å². The summed E-state index contributed by atoms with van der Waals surface area (Å²) in [5.41, 5.74) is 7.74. The van der Waals surface area contributed by atoms with E-state index in [1.165, 1.54) is 4.90 Å². The van der Waals surface area contributed by atoms with Crippen LogP contribution >= 0.6 is 0 Å². The van der Waals surface area contributed by atoms with Gasteiger partial charge in [0.2, 0.25) is 0 Å². The molecule has 174 valence electrons. The molecule has 1 heterocycles. The Balaban J connectivity index is 1.60. The van der Waals surface area contributed by atoms with Crippen molar-refractivity contribution in [2.45, 2.75) is 34.6 Å². The zero-order chi connectivity index (χ0) is 24.4. The number of hydrogen-bond acceptors (Lipinski definition) is 4. The van der Waals surface area contributed by atoms with Gasteiger partial charge in [-0.3, -0.25) is 14.5 Å². The number of rotatable bonds is 7. The molecule has 2 amide bonds. The lowest BCUT2D eigenvalue weighted by Gasteiger charge is -2.16. The van der Waals surface area contributed by atoms with Crippen LogP contribution in [0.4, 0.5) is 5.69 Å². The first-order valence-electron chi connectivity index (χ1n) is 11.5. The summed E-state index contributed by atoms with van der Waals surface area (Å²) < 4.78 is 5.88. The average molecular weight is 455 g/mol. The monoisotopic (exact) mass is 454 g/mol. The Labute approximate surface area is 201 Å². The minimum Gasteiger partial charge on any atom is -0.492 e. The number of imide groups is 1. The van der Waals surface area contributed by atoms with E-state index in [-0.39, 0.29) is 25.0 Å². The molecule has 0 aliphatic carbocycles. The van der Waals surface area contributed by atoms with Crippen molar-refractivity contribution in [1.29, 1.82) is 0 Å². The van der Waals surface area contributed by atoms with E-state index >= 15 is 0 Å². The Morgan fingerprint density at radius 3 is 2.06 bits per heavy atom. The summed E-state index contributed by atoms with van der Waals surface area (Å²) in [7, 11) is 0. The van der Waals surface area contributed by atoms with Gasteiger partial charge in [0.15, 0.2) is 0 Å². The van der Waals surface area contributed by atoms with Gasteiger partial charge >= 0.3 is 0 Å². The SMILES string of the molecule is Cc1ccc(C2=C(Nc3ccc(C)c(C)c3)C(=O)N(CCOc3cc(C)cc(C)c3)C2=O)cc1. The number of benzene rings is 3. The van der Waals surface area contributed by atoms with Gasteiger partial charge in [0.25, 0.3) is 11.8 Å². The number of nitrogens with zero attached hydrogens (tertiary/aromatic N) is 1. The van der Waals surface area contributed by atoms with Crippen molar-refractivity contribution < 1.29 is 14.3 Å². The fourth-order valence-electron chi connectivity index (χ4n) is 4.12. The molecule has 0 spiro atoms. The molecule has 1 N–H and O–H groups in total. The minimum absolute atomic E-state index is 0.165. The van der Waals surface area contributed by atoms with E-state index in [9.17, 15) is 9.59 Å². The summed E-state index contributed by atoms with van der Waals surface area (Å²) in [6.07, 6.45) is 0. The van der Waals surface area contributed by atoms with Gasteiger partial charge in [0.1, 0.15) is 18.1 Å². The Morgan fingerprint density at radius 1 is 0.735 bits per heavy atom. The molecule has 0 fully saturated rings. The number of ether oxygens (including phenoxy) is 1. The molecule has 5 heteroatoms. The highest BCUT2D eigenvalue weighted by Gasteiger charge is 2.39. The quantitative estimate of drug-likeness (QED) is 0.479. The highest BCUT2D eigenvalue weighted by Crippen LogP contribution is 2.31. The van der Waals surface area contributed by atoms with Crippen molar-refractivity contribution in [3.63, 3.8) is 0 Å². The fraction of sp³-hybridized carbons (Fsp3) is 0.241. The van der Waals surface area contributed by atoms with Gasteiger partial charge in [-0.15, -0.1) is 0 Å². The Hall–Kier alpha value is -3.86. The normalized spacial score (nSPS) is 13.6. The first kappa shape index (κ1) is 23.3. The Bertz CT molecular complexity index is 1270. The minimum atomic E-state index is -0.345. The van der Waals surface area contributed by atoms with Crippen LogP contribution in [0.2, 0.25) is 0 Å². The molecule has 0 saturated carbocycles. The lowest BCUT2D eigenvalue weighted by molar-refractivity contribution is -0.137. The first-order valence-corrected chi connectivity index (χ1v) is 11.5. The van der Waals surface area contributed by atoms with Gasteiger partial charge in [-0.25, -0.2) is 0 Å². The van der Waals surface area contributed by atoms with Crippen LogP contribution in [0.5, 0.6) is 5.75 Å². The smallest absolute Gasteiger partial charge is 0.278 e. The van der Waals surface area contributed by atoms with Crippen LogP contribution in [0.3, 0.4) is 0 Å². The second-order valence-electron chi connectivity index (χ2n) is 8.97. The summed E-state index contributed by atoms with van der Waals surface area (Å²) in [5.74, 6) is 0.0730. The highest BCUT2D eigenvalue weighted by atomic mass is 16.5. The molecule has 34 heavy (non-hydrogen) atoms. The van der Waals surface area contributed by atoms with Crippen molar-refractivity contribution in [3.05, 3.63) is 99.7 Å². The van der Waals surface area contributed by atoms with Crippen LogP contribution < -0.4 is 10.1 Å². The Kier molecular flexibility index (Phi) is 6.55. The predicted octanol–water partition coefficient (Wildman–Crippen LogP) is 5.50. The maximum atomic E-state index is 13.4. The van der Waals surface area contributed by atoms with E-state index in [0.29, 0.717) is 16.8 Å². The number of nitrogens with one attached hydrogen (secondary N) is 1. The van der Waals surface area contributed by atoms with Gasteiger partial charge in [-0.2, -0.15) is 0 Å². The fourth-order valence-corrected chi connectivity index (χ4v) is 4.12. The molecule has 0 saturated heterocycles. The molecule has 0 unspecified atom stereocenters. The number of hydrogen-bond donors (Lipinski definition) is 1. The van der Waals surface area contributed by atoms with Crippen molar-refractivity contribution in [2.75, 3.05) is 18.5 Å². The largest absolute Gasteiger partial charge is 0.492 e. The van der Waals surface area contributed by atoms with Crippen LogP contribution in [0, 0.1) is 34.6 Å². The number of anilines is 1. The molecule has 4 rings (SSSR count). The third-order valence-corrected chi connectivity index (χ3v) is 6.06.